The van der Waals surface area contributed by atoms with Gasteiger partial charge in [-0.1, -0.05) is 19.6 Å². The number of methoxy groups -OCH3 is 1. The zero-order chi connectivity index (χ0) is 15.5. The van der Waals surface area contributed by atoms with Gasteiger partial charge in [0.15, 0.2) is 0 Å². The van der Waals surface area contributed by atoms with Crippen LogP contribution < -0.4 is 4.74 Å². The molecule has 0 aliphatic heterocycles. The molecule has 2 aromatic rings. The minimum atomic E-state index is -1.09. The van der Waals surface area contributed by atoms with Gasteiger partial charge in [0.2, 0.25) is 0 Å². The van der Waals surface area contributed by atoms with E-state index in [2.05, 4.69) is 24.6 Å². The molecule has 0 saturated carbocycles. The lowest BCUT2D eigenvalue weighted by Gasteiger charge is -2.16. The molecule has 21 heavy (non-hydrogen) atoms. The lowest BCUT2D eigenvalue weighted by atomic mass is 10.3. The lowest BCUT2D eigenvalue weighted by Crippen LogP contribution is -2.22. The second-order valence-electron chi connectivity index (χ2n) is 6.32. The molecule has 5 nitrogen and oxygen atoms in total. The molecular formula is C15H24N2O3Si. The smallest absolute Gasteiger partial charge is 0.145 e. The van der Waals surface area contributed by atoms with Gasteiger partial charge in [-0.2, -0.15) is 0 Å². The highest BCUT2D eigenvalue weighted by Gasteiger charge is 2.15. The Labute approximate surface area is 126 Å². The summed E-state index contributed by atoms with van der Waals surface area (Å²) in [7, 11) is 0.545. The van der Waals surface area contributed by atoms with E-state index in [0.717, 1.165) is 35.1 Å². The molecule has 1 N–H and O–H groups in total. The minimum Gasteiger partial charge on any atom is -0.496 e. The van der Waals surface area contributed by atoms with Crippen molar-refractivity contribution in [3.05, 3.63) is 24.0 Å². The maximum Gasteiger partial charge on any atom is 0.145 e. The van der Waals surface area contributed by atoms with Crippen LogP contribution in [-0.2, 0) is 18.1 Å². The van der Waals surface area contributed by atoms with Crippen LogP contribution in [0.25, 0.3) is 11.0 Å². The van der Waals surface area contributed by atoms with Crippen LogP contribution >= 0.6 is 0 Å². The molecule has 0 aliphatic rings. The summed E-state index contributed by atoms with van der Waals surface area (Å²) in [5.74, 6) is 0.760. The molecular weight excluding hydrogens is 284 g/mol. The van der Waals surface area contributed by atoms with Gasteiger partial charge in [0, 0.05) is 26.6 Å². The molecule has 0 atom stereocenters. The van der Waals surface area contributed by atoms with Gasteiger partial charge in [-0.3, -0.25) is 0 Å². The number of hydrogen-bond donors (Lipinski definition) is 1. The SMILES string of the molecule is COc1ccnc2c1cc(CO)n2COCC[Si](C)(C)C. The Kier molecular flexibility index (Phi) is 5.03. The summed E-state index contributed by atoms with van der Waals surface area (Å²) in [4.78, 5) is 4.39. The first kappa shape index (κ1) is 16.0. The number of aromatic nitrogens is 2. The summed E-state index contributed by atoms with van der Waals surface area (Å²) >= 11 is 0. The summed E-state index contributed by atoms with van der Waals surface area (Å²) in [6, 6.07) is 4.85. The highest BCUT2D eigenvalue weighted by molar-refractivity contribution is 6.76. The van der Waals surface area contributed by atoms with E-state index < -0.39 is 8.07 Å². The van der Waals surface area contributed by atoms with Gasteiger partial charge in [0.05, 0.1) is 19.1 Å². The molecule has 0 bridgehead atoms. The van der Waals surface area contributed by atoms with Crippen LogP contribution in [-0.4, -0.2) is 36.4 Å². The Morgan fingerprint density at radius 2 is 2.10 bits per heavy atom. The number of aliphatic hydroxyl groups is 1. The molecule has 116 valence electrons. The fourth-order valence-electron chi connectivity index (χ4n) is 2.16. The van der Waals surface area contributed by atoms with Gasteiger partial charge in [-0.05, 0) is 18.2 Å². The van der Waals surface area contributed by atoms with E-state index in [-0.39, 0.29) is 6.61 Å². The number of rotatable bonds is 7. The number of aliphatic hydroxyl groups excluding tert-OH is 1. The lowest BCUT2D eigenvalue weighted by molar-refractivity contribution is 0.0850. The van der Waals surface area contributed by atoms with Gasteiger partial charge in [0.25, 0.3) is 0 Å². The normalized spacial score (nSPS) is 12.0. The number of pyridine rings is 1. The van der Waals surface area contributed by atoms with Crippen LogP contribution in [0.2, 0.25) is 25.7 Å². The van der Waals surface area contributed by atoms with Crippen LogP contribution in [0.3, 0.4) is 0 Å². The summed E-state index contributed by atoms with van der Waals surface area (Å²) in [6.07, 6.45) is 1.71. The van der Waals surface area contributed by atoms with E-state index in [1.165, 1.54) is 0 Å². The van der Waals surface area contributed by atoms with Crippen molar-refractivity contribution in [3.63, 3.8) is 0 Å². The molecule has 0 amide bonds. The fraction of sp³-hybridized carbons (Fsp3) is 0.533. The predicted octanol–water partition coefficient (Wildman–Crippen LogP) is 2.85. The molecule has 0 aromatic carbocycles. The van der Waals surface area contributed by atoms with Crippen molar-refractivity contribution in [2.75, 3.05) is 13.7 Å². The first-order valence-electron chi connectivity index (χ1n) is 7.16. The Hall–Kier alpha value is -1.37. The second kappa shape index (κ2) is 6.59. The van der Waals surface area contributed by atoms with Crippen LogP contribution in [0.15, 0.2) is 18.3 Å². The molecule has 6 heteroatoms. The maximum atomic E-state index is 9.53. The number of fused-ring (bicyclic) bond motifs is 1. The first-order valence-corrected chi connectivity index (χ1v) is 10.9. The first-order chi connectivity index (χ1) is 9.96. The van der Waals surface area contributed by atoms with Gasteiger partial charge in [-0.25, -0.2) is 4.98 Å². The topological polar surface area (TPSA) is 56.5 Å². The van der Waals surface area contributed by atoms with E-state index in [0.29, 0.717) is 6.73 Å². The van der Waals surface area contributed by atoms with Crippen molar-refractivity contribution in [3.8, 4) is 5.75 Å². The van der Waals surface area contributed by atoms with Crippen molar-refractivity contribution < 1.29 is 14.6 Å². The van der Waals surface area contributed by atoms with Crippen LogP contribution in [0.5, 0.6) is 5.75 Å². The summed E-state index contributed by atoms with van der Waals surface area (Å²) < 4.78 is 13.0. The van der Waals surface area contributed by atoms with E-state index in [9.17, 15) is 5.11 Å². The zero-order valence-electron chi connectivity index (χ0n) is 13.2. The van der Waals surface area contributed by atoms with Gasteiger partial charge < -0.3 is 19.1 Å². The van der Waals surface area contributed by atoms with E-state index in [4.69, 9.17) is 9.47 Å². The highest BCUT2D eigenvalue weighted by Crippen LogP contribution is 2.27. The van der Waals surface area contributed by atoms with Crippen molar-refractivity contribution >= 4 is 19.1 Å². The molecule has 0 radical (unpaired) electrons. The molecule has 2 aromatic heterocycles. The zero-order valence-corrected chi connectivity index (χ0v) is 14.2. The quantitative estimate of drug-likeness (QED) is 0.631. The molecule has 0 spiro atoms. The molecule has 0 fully saturated rings. The van der Waals surface area contributed by atoms with Crippen LogP contribution in [0.1, 0.15) is 5.69 Å². The van der Waals surface area contributed by atoms with Crippen LogP contribution in [0, 0.1) is 0 Å². The second-order valence-corrected chi connectivity index (χ2v) is 11.9. The van der Waals surface area contributed by atoms with Crippen molar-refractivity contribution in [1.29, 1.82) is 0 Å². The third kappa shape index (κ3) is 3.84. The van der Waals surface area contributed by atoms with E-state index in [1.54, 1.807) is 13.3 Å². The number of ether oxygens (including phenoxy) is 2. The minimum absolute atomic E-state index is 0.0447. The summed E-state index contributed by atoms with van der Waals surface area (Å²) in [5.41, 5.74) is 1.57. The molecule has 2 heterocycles. The maximum absolute atomic E-state index is 9.53. The average Bonchev–Trinajstić information content (AvgIpc) is 2.80. The Morgan fingerprint density at radius 3 is 2.71 bits per heavy atom. The monoisotopic (exact) mass is 308 g/mol. The Bertz CT molecular complexity index is 605. The van der Waals surface area contributed by atoms with Crippen LogP contribution in [0.4, 0.5) is 0 Å². The third-order valence-corrected chi connectivity index (χ3v) is 5.15. The molecule has 0 saturated heterocycles. The Balaban J connectivity index is 2.18. The van der Waals surface area contributed by atoms with E-state index in [1.807, 2.05) is 16.7 Å². The number of nitrogens with zero attached hydrogens (tertiary/aromatic N) is 2. The standard InChI is InChI=1S/C15H24N2O3Si/c1-19-14-5-6-16-15-13(14)9-12(10-18)17(15)11-20-7-8-21(2,3)4/h5-6,9,18H,7-8,10-11H2,1-4H3. The van der Waals surface area contributed by atoms with Gasteiger partial charge in [0.1, 0.15) is 18.1 Å². The van der Waals surface area contributed by atoms with Gasteiger partial charge >= 0.3 is 0 Å². The van der Waals surface area contributed by atoms with E-state index >= 15 is 0 Å². The highest BCUT2D eigenvalue weighted by atomic mass is 28.3. The molecule has 0 aliphatic carbocycles. The largest absolute Gasteiger partial charge is 0.496 e. The third-order valence-electron chi connectivity index (χ3n) is 3.44. The van der Waals surface area contributed by atoms with Crippen molar-refractivity contribution in [2.45, 2.75) is 39.0 Å². The van der Waals surface area contributed by atoms with Gasteiger partial charge in [-0.15, -0.1) is 0 Å². The molecule has 2 rings (SSSR count). The fourth-order valence-corrected chi connectivity index (χ4v) is 2.92. The number of hydrogen-bond acceptors (Lipinski definition) is 4. The average molecular weight is 308 g/mol. The Morgan fingerprint density at radius 1 is 1.33 bits per heavy atom. The predicted molar refractivity (Wildman–Crippen MR) is 86.3 cm³/mol. The summed E-state index contributed by atoms with van der Waals surface area (Å²) in [5, 5.41) is 10.4. The van der Waals surface area contributed by atoms with Crippen molar-refractivity contribution in [1.82, 2.24) is 9.55 Å². The molecule has 0 unspecified atom stereocenters. The van der Waals surface area contributed by atoms with Crippen molar-refractivity contribution in [2.24, 2.45) is 0 Å². The summed E-state index contributed by atoms with van der Waals surface area (Å²) in [6.45, 7) is 8.08.